The van der Waals surface area contributed by atoms with Crippen LogP contribution in [-0.4, -0.2) is 63.5 Å². The Morgan fingerprint density at radius 1 is 1.03 bits per heavy atom. The summed E-state index contributed by atoms with van der Waals surface area (Å²) >= 11 is 2.12. The third-order valence-electron chi connectivity index (χ3n) is 4.23. The van der Waals surface area contributed by atoms with Crippen LogP contribution in [0.1, 0.15) is 31.1 Å². The van der Waals surface area contributed by atoms with Gasteiger partial charge in [-0.25, -0.2) is 14.8 Å². The predicted molar refractivity (Wildman–Crippen MR) is 118 cm³/mol. The standard InChI is InChI=1S/C20H24IN5O3/c1-20(2,3)29-19(28)26-12-10-25(11-13-26)17(27)14-4-6-15(7-5-14)23-18-22-9-8-16(21)24-18/h4-9H,10-13H2,1-3H3,(H,22,23,24). The molecule has 9 heteroatoms. The number of hydrogen-bond donors (Lipinski definition) is 1. The maximum atomic E-state index is 12.8. The summed E-state index contributed by atoms with van der Waals surface area (Å²) < 4.78 is 6.24. The zero-order chi connectivity index (χ0) is 21.0. The van der Waals surface area contributed by atoms with E-state index in [2.05, 4.69) is 37.9 Å². The highest BCUT2D eigenvalue weighted by molar-refractivity contribution is 14.1. The Morgan fingerprint density at radius 2 is 1.66 bits per heavy atom. The van der Waals surface area contributed by atoms with Gasteiger partial charge in [-0.3, -0.25) is 4.79 Å². The van der Waals surface area contributed by atoms with Crippen LogP contribution in [0.25, 0.3) is 0 Å². The van der Waals surface area contributed by atoms with E-state index in [9.17, 15) is 9.59 Å². The largest absolute Gasteiger partial charge is 0.444 e. The van der Waals surface area contributed by atoms with Crippen LogP contribution >= 0.6 is 22.6 Å². The molecule has 0 radical (unpaired) electrons. The SMILES string of the molecule is CC(C)(C)OC(=O)N1CCN(C(=O)c2ccc(Nc3nccc(I)n3)cc2)CC1. The number of nitrogens with one attached hydrogen (secondary N) is 1. The van der Waals surface area contributed by atoms with Crippen molar-refractivity contribution in [3.8, 4) is 0 Å². The molecule has 1 aliphatic heterocycles. The minimum Gasteiger partial charge on any atom is -0.444 e. The lowest BCUT2D eigenvalue weighted by molar-refractivity contribution is 0.0141. The van der Waals surface area contributed by atoms with Crippen molar-refractivity contribution < 1.29 is 14.3 Å². The Kier molecular flexibility index (Phi) is 6.56. The van der Waals surface area contributed by atoms with Gasteiger partial charge in [0.05, 0.1) is 0 Å². The number of carbonyl (C=O) groups excluding carboxylic acids is 2. The summed E-state index contributed by atoms with van der Waals surface area (Å²) in [6, 6.07) is 9.02. The van der Waals surface area contributed by atoms with Crippen molar-refractivity contribution in [1.82, 2.24) is 19.8 Å². The van der Waals surface area contributed by atoms with E-state index in [0.29, 0.717) is 37.7 Å². The first kappa shape index (κ1) is 21.3. The fourth-order valence-corrected chi connectivity index (χ4v) is 3.21. The zero-order valence-corrected chi connectivity index (χ0v) is 18.8. The first-order valence-corrected chi connectivity index (χ1v) is 10.4. The van der Waals surface area contributed by atoms with Gasteiger partial charge in [0.2, 0.25) is 5.95 Å². The van der Waals surface area contributed by atoms with E-state index in [1.54, 1.807) is 28.1 Å². The maximum Gasteiger partial charge on any atom is 0.410 e. The Morgan fingerprint density at radius 3 is 2.24 bits per heavy atom. The number of nitrogens with zero attached hydrogens (tertiary/aromatic N) is 4. The number of benzene rings is 1. The second-order valence-electron chi connectivity index (χ2n) is 7.66. The number of piperazine rings is 1. The van der Waals surface area contributed by atoms with Crippen molar-refractivity contribution in [3.05, 3.63) is 45.8 Å². The average molecular weight is 509 g/mol. The lowest BCUT2D eigenvalue weighted by atomic mass is 10.1. The van der Waals surface area contributed by atoms with Crippen LogP contribution in [0.3, 0.4) is 0 Å². The van der Waals surface area contributed by atoms with Gasteiger partial charge >= 0.3 is 6.09 Å². The van der Waals surface area contributed by atoms with E-state index >= 15 is 0 Å². The fourth-order valence-electron chi connectivity index (χ4n) is 2.82. The first-order chi connectivity index (χ1) is 13.7. The van der Waals surface area contributed by atoms with Crippen LogP contribution in [0.4, 0.5) is 16.4 Å². The highest BCUT2D eigenvalue weighted by Gasteiger charge is 2.28. The molecule has 0 bridgehead atoms. The summed E-state index contributed by atoms with van der Waals surface area (Å²) in [6.45, 7) is 7.41. The van der Waals surface area contributed by atoms with Crippen molar-refractivity contribution in [3.63, 3.8) is 0 Å². The lowest BCUT2D eigenvalue weighted by Gasteiger charge is -2.35. The van der Waals surface area contributed by atoms with Crippen LogP contribution in [0.2, 0.25) is 0 Å². The third kappa shape index (κ3) is 6.02. The normalized spacial score (nSPS) is 14.5. The third-order valence-corrected chi connectivity index (χ3v) is 4.83. The molecule has 154 valence electrons. The molecule has 1 fully saturated rings. The van der Waals surface area contributed by atoms with Crippen molar-refractivity contribution in [2.45, 2.75) is 26.4 Å². The Hall–Kier alpha value is -2.43. The van der Waals surface area contributed by atoms with E-state index in [4.69, 9.17) is 4.74 Å². The van der Waals surface area contributed by atoms with Gasteiger partial charge in [-0.05, 0) is 73.7 Å². The van der Waals surface area contributed by atoms with Crippen molar-refractivity contribution in [1.29, 1.82) is 0 Å². The van der Waals surface area contributed by atoms with Gasteiger partial charge in [0, 0.05) is 43.6 Å². The molecule has 0 saturated carbocycles. The summed E-state index contributed by atoms with van der Waals surface area (Å²) in [7, 11) is 0. The van der Waals surface area contributed by atoms with Gasteiger partial charge < -0.3 is 19.9 Å². The van der Waals surface area contributed by atoms with Gasteiger partial charge in [0.1, 0.15) is 9.30 Å². The van der Waals surface area contributed by atoms with Crippen LogP contribution in [-0.2, 0) is 4.74 Å². The summed E-state index contributed by atoms with van der Waals surface area (Å²) in [5.41, 5.74) is 0.881. The van der Waals surface area contributed by atoms with E-state index < -0.39 is 5.60 Å². The quantitative estimate of drug-likeness (QED) is 0.504. The Bertz CT molecular complexity index is 874. The molecular formula is C20H24IN5O3. The van der Waals surface area contributed by atoms with E-state index in [-0.39, 0.29) is 12.0 Å². The molecule has 2 aromatic rings. The van der Waals surface area contributed by atoms with Crippen LogP contribution in [0, 0.1) is 3.70 Å². The molecule has 1 aromatic heterocycles. The molecule has 0 spiro atoms. The van der Waals surface area contributed by atoms with Gasteiger partial charge in [0.15, 0.2) is 0 Å². The molecule has 0 atom stereocenters. The molecule has 1 aliphatic rings. The van der Waals surface area contributed by atoms with Crippen molar-refractivity contribution >= 4 is 46.2 Å². The van der Waals surface area contributed by atoms with Crippen molar-refractivity contribution in [2.24, 2.45) is 0 Å². The maximum absolute atomic E-state index is 12.8. The number of carbonyl (C=O) groups is 2. The Balaban J connectivity index is 1.55. The first-order valence-electron chi connectivity index (χ1n) is 9.34. The van der Waals surface area contributed by atoms with Crippen LogP contribution in [0.5, 0.6) is 0 Å². The van der Waals surface area contributed by atoms with Crippen molar-refractivity contribution in [2.75, 3.05) is 31.5 Å². The molecule has 8 nitrogen and oxygen atoms in total. The Labute approximate surface area is 183 Å². The average Bonchev–Trinajstić information content (AvgIpc) is 2.67. The zero-order valence-electron chi connectivity index (χ0n) is 16.7. The number of amides is 2. The number of rotatable bonds is 3. The van der Waals surface area contributed by atoms with E-state index in [1.807, 2.05) is 39.0 Å². The number of aromatic nitrogens is 2. The molecular weight excluding hydrogens is 485 g/mol. The highest BCUT2D eigenvalue weighted by atomic mass is 127. The number of hydrogen-bond acceptors (Lipinski definition) is 6. The summed E-state index contributed by atoms with van der Waals surface area (Å²) in [5, 5.41) is 3.12. The molecule has 0 aliphatic carbocycles. The minimum atomic E-state index is -0.525. The molecule has 2 heterocycles. The summed E-state index contributed by atoms with van der Waals surface area (Å²) in [5.74, 6) is 0.458. The second kappa shape index (κ2) is 8.93. The summed E-state index contributed by atoms with van der Waals surface area (Å²) in [4.78, 5) is 36.8. The monoisotopic (exact) mass is 509 g/mol. The van der Waals surface area contributed by atoms with E-state index in [1.165, 1.54) is 0 Å². The van der Waals surface area contributed by atoms with Gasteiger partial charge in [0.25, 0.3) is 5.91 Å². The highest BCUT2D eigenvalue weighted by Crippen LogP contribution is 2.17. The van der Waals surface area contributed by atoms with Crippen LogP contribution < -0.4 is 5.32 Å². The minimum absolute atomic E-state index is 0.0501. The lowest BCUT2D eigenvalue weighted by Crippen LogP contribution is -2.51. The predicted octanol–water partition coefficient (Wildman–Crippen LogP) is 3.52. The number of anilines is 2. The summed E-state index contributed by atoms with van der Waals surface area (Å²) in [6.07, 6.45) is 1.35. The molecule has 3 rings (SSSR count). The van der Waals surface area contributed by atoms with E-state index in [0.717, 1.165) is 9.39 Å². The second-order valence-corrected chi connectivity index (χ2v) is 8.77. The number of ether oxygens (including phenoxy) is 1. The molecule has 1 saturated heterocycles. The molecule has 2 amide bonds. The molecule has 29 heavy (non-hydrogen) atoms. The van der Waals surface area contributed by atoms with Gasteiger partial charge in [-0.15, -0.1) is 0 Å². The van der Waals surface area contributed by atoms with Gasteiger partial charge in [-0.2, -0.15) is 0 Å². The van der Waals surface area contributed by atoms with Gasteiger partial charge in [-0.1, -0.05) is 0 Å². The molecule has 0 unspecified atom stereocenters. The smallest absolute Gasteiger partial charge is 0.410 e. The molecule has 1 aromatic carbocycles. The fraction of sp³-hybridized carbons (Fsp3) is 0.400. The topological polar surface area (TPSA) is 87.7 Å². The number of halogens is 1. The van der Waals surface area contributed by atoms with Crippen LogP contribution in [0.15, 0.2) is 36.5 Å². The molecule has 1 N–H and O–H groups in total.